The summed E-state index contributed by atoms with van der Waals surface area (Å²) in [5, 5.41) is 11.4. The molecule has 4 N–H and O–H groups in total. The molecule has 1 fully saturated rings. The molecule has 0 aliphatic carbocycles. The van der Waals surface area contributed by atoms with Crippen molar-refractivity contribution in [1.82, 2.24) is 15.3 Å². The van der Waals surface area contributed by atoms with Crippen molar-refractivity contribution in [1.29, 1.82) is 0 Å². The first-order valence-electron chi connectivity index (χ1n) is 12.6. The van der Waals surface area contributed by atoms with Crippen molar-refractivity contribution in [3.63, 3.8) is 0 Å². The number of rotatable bonds is 13. The Balaban J connectivity index is 1.40. The van der Waals surface area contributed by atoms with E-state index in [9.17, 15) is 23.9 Å². The number of carbonyl (C=O) groups is 3. The van der Waals surface area contributed by atoms with Crippen molar-refractivity contribution in [3.8, 4) is 5.75 Å². The summed E-state index contributed by atoms with van der Waals surface area (Å²) in [5.74, 6) is -2.09. The topological polar surface area (TPSA) is 148 Å². The molecule has 0 spiro atoms. The number of piperidine rings is 1. The molecule has 1 aliphatic rings. The lowest BCUT2D eigenvalue weighted by molar-refractivity contribution is -0.139. The van der Waals surface area contributed by atoms with Crippen LogP contribution in [0.25, 0.3) is 0 Å². The van der Waals surface area contributed by atoms with Crippen LogP contribution in [0.5, 0.6) is 5.75 Å². The Bertz CT molecular complexity index is 1070. The first kappa shape index (κ1) is 27.8. The van der Waals surface area contributed by atoms with Gasteiger partial charge in [-0.2, -0.15) is 0 Å². The Kier molecular flexibility index (Phi) is 10.2. The molecular weight excluding hydrogens is 481 g/mol. The molecule has 1 aromatic heterocycles. The lowest BCUT2D eigenvalue weighted by Crippen LogP contribution is -2.41. The highest BCUT2D eigenvalue weighted by Crippen LogP contribution is 2.25. The number of nitrogens with zero attached hydrogens (tertiary/aromatic N) is 3. The molecule has 0 bridgehead atoms. The number of primary amides is 1. The van der Waals surface area contributed by atoms with E-state index in [4.69, 9.17) is 10.5 Å². The fourth-order valence-corrected chi connectivity index (χ4v) is 4.23. The number of halogens is 1. The molecule has 0 saturated carbocycles. The number of carbonyl (C=O) groups excluding carboxylic acids is 2. The van der Waals surface area contributed by atoms with E-state index in [-0.39, 0.29) is 18.4 Å². The molecule has 0 unspecified atom stereocenters. The Morgan fingerprint density at radius 3 is 2.54 bits per heavy atom. The van der Waals surface area contributed by atoms with Crippen LogP contribution in [-0.2, 0) is 16.0 Å². The fourth-order valence-electron chi connectivity index (χ4n) is 4.23. The van der Waals surface area contributed by atoms with Gasteiger partial charge in [0.25, 0.3) is 5.91 Å². The average Bonchev–Trinajstić information content (AvgIpc) is 2.89. The minimum Gasteiger partial charge on any atom is -0.493 e. The minimum atomic E-state index is -1.35. The summed E-state index contributed by atoms with van der Waals surface area (Å²) < 4.78 is 20.2. The van der Waals surface area contributed by atoms with Gasteiger partial charge in [-0.1, -0.05) is 6.92 Å². The molecule has 37 heavy (non-hydrogen) atoms. The van der Waals surface area contributed by atoms with Gasteiger partial charge in [0.1, 0.15) is 17.6 Å². The second kappa shape index (κ2) is 13.5. The lowest BCUT2D eigenvalue weighted by Gasteiger charge is -2.32. The first-order valence-corrected chi connectivity index (χ1v) is 12.6. The number of benzene rings is 1. The van der Waals surface area contributed by atoms with E-state index in [1.54, 1.807) is 0 Å². The third-order valence-electron chi connectivity index (χ3n) is 6.49. The summed E-state index contributed by atoms with van der Waals surface area (Å²) in [6.07, 6.45) is 8.20. The van der Waals surface area contributed by atoms with Gasteiger partial charge in [0.05, 0.1) is 12.2 Å². The van der Waals surface area contributed by atoms with Crippen molar-refractivity contribution >= 4 is 23.7 Å². The number of hydrogen-bond donors (Lipinski definition) is 3. The smallest absolute Gasteiger partial charge is 0.326 e. The third kappa shape index (κ3) is 8.40. The van der Waals surface area contributed by atoms with Crippen molar-refractivity contribution in [2.45, 2.75) is 57.9 Å². The van der Waals surface area contributed by atoms with Crippen molar-refractivity contribution in [3.05, 3.63) is 47.5 Å². The highest BCUT2D eigenvalue weighted by molar-refractivity contribution is 5.97. The Morgan fingerprint density at radius 2 is 1.95 bits per heavy atom. The summed E-state index contributed by atoms with van der Waals surface area (Å²) >= 11 is 0. The maximum absolute atomic E-state index is 14.5. The van der Waals surface area contributed by atoms with Gasteiger partial charge in [-0.15, -0.1) is 0 Å². The molecule has 1 atom stereocenters. The molecule has 2 amide bonds. The summed E-state index contributed by atoms with van der Waals surface area (Å²) in [4.78, 5) is 45.7. The monoisotopic (exact) mass is 515 g/mol. The van der Waals surface area contributed by atoms with Gasteiger partial charge in [0.2, 0.25) is 11.9 Å². The number of nitrogens with one attached hydrogen (secondary N) is 1. The molecule has 3 rings (SSSR count). The van der Waals surface area contributed by atoms with Gasteiger partial charge in [-0.3, -0.25) is 9.59 Å². The number of carboxylic acids is 1. The molecule has 1 aliphatic heterocycles. The largest absolute Gasteiger partial charge is 0.493 e. The number of aliphatic carboxylic acids is 1. The van der Waals surface area contributed by atoms with Crippen LogP contribution in [0.4, 0.5) is 10.3 Å². The van der Waals surface area contributed by atoms with Gasteiger partial charge in [-0.25, -0.2) is 19.2 Å². The predicted octanol–water partition coefficient (Wildman–Crippen LogP) is 2.70. The number of hydrogen-bond acceptors (Lipinski definition) is 7. The minimum absolute atomic E-state index is 0.182. The van der Waals surface area contributed by atoms with E-state index in [2.05, 4.69) is 27.1 Å². The molecule has 1 saturated heterocycles. The van der Waals surface area contributed by atoms with Crippen molar-refractivity contribution in [2.24, 2.45) is 11.7 Å². The summed E-state index contributed by atoms with van der Waals surface area (Å²) in [6.45, 7) is 4.32. The average molecular weight is 516 g/mol. The molecule has 1 aromatic carbocycles. The maximum Gasteiger partial charge on any atom is 0.326 e. The number of carboxylic acid groups (broad SMARTS) is 1. The first-order chi connectivity index (χ1) is 17.8. The standard InChI is InChI=1S/C26H34FN5O5/c1-2-17-15-29-26(30-16-17)32-11-9-18(10-12-32)4-3-13-37-19-5-6-20(21(27)14-19)24(34)31-22(25(35)36)7-8-23(28)33/h5-6,14-16,18,22H,2-4,7-13H2,1H3,(H2,28,33)(H,31,34)(H,35,36)/t22-/m0/s1. The Hall–Kier alpha value is -3.76. The van der Waals surface area contributed by atoms with Crippen LogP contribution in [-0.4, -0.2) is 58.6 Å². The van der Waals surface area contributed by atoms with Gasteiger partial charge >= 0.3 is 5.97 Å². The van der Waals surface area contributed by atoms with Crippen molar-refractivity contribution in [2.75, 3.05) is 24.6 Å². The second-order valence-corrected chi connectivity index (χ2v) is 9.18. The van der Waals surface area contributed by atoms with Gasteiger partial charge < -0.3 is 25.8 Å². The molecule has 200 valence electrons. The molecular formula is C26H34FN5O5. The second-order valence-electron chi connectivity index (χ2n) is 9.18. The number of ether oxygens (including phenoxy) is 1. The zero-order valence-corrected chi connectivity index (χ0v) is 21.0. The van der Waals surface area contributed by atoms with E-state index in [1.165, 1.54) is 12.1 Å². The van der Waals surface area contributed by atoms with E-state index in [0.29, 0.717) is 18.3 Å². The summed E-state index contributed by atoms with van der Waals surface area (Å²) in [6, 6.07) is 2.48. The van der Waals surface area contributed by atoms with Crippen LogP contribution in [0, 0.1) is 11.7 Å². The molecule has 2 heterocycles. The molecule has 2 aromatic rings. The van der Waals surface area contributed by atoms with Crippen LogP contribution in [0.3, 0.4) is 0 Å². The number of aromatic nitrogens is 2. The zero-order chi connectivity index (χ0) is 26.8. The predicted molar refractivity (Wildman–Crippen MR) is 135 cm³/mol. The normalized spacial score (nSPS) is 14.7. The zero-order valence-electron chi connectivity index (χ0n) is 21.0. The van der Waals surface area contributed by atoms with Crippen LogP contribution in [0.1, 0.15) is 61.4 Å². The van der Waals surface area contributed by atoms with Gasteiger partial charge in [-0.05, 0) is 62.1 Å². The van der Waals surface area contributed by atoms with Crippen LogP contribution in [0.15, 0.2) is 30.6 Å². The third-order valence-corrected chi connectivity index (χ3v) is 6.49. The van der Waals surface area contributed by atoms with Crippen molar-refractivity contribution < 1.29 is 28.6 Å². The van der Waals surface area contributed by atoms with E-state index in [1.807, 2.05) is 12.4 Å². The summed E-state index contributed by atoms with van der Waals surface area (Å²) in [7, 11) is 0. The summed E-state index contributed by atoms with van der Waals surface area (Å²) in [5.41, 5.74) is 5.84. The molecule has 0 radical (unpaired) electrons. The lowest BCUT2D eigenvalue weighted by atomic mass is 9.92. The quantitative estimate of drug-likeness (QED) is 0.345. The number of anilines is 1. The van der Waals surface area contributed by atoms with Gasteiger partial charge in [0, 0.05) is 38.0 Å². The number of nitrogens with two attached hydrogens (primary N) is 1. The fraction of sp³-hybridized carbons (Fsp3) is 0.500. The highest BCUT2D eigenvalue weighted by Gasteiger charge is 2.23. The van der Waals surface area contributed by atoms with E-state index < -0.39 is 29.6 Å². The van der Waals surface area contributed by atoms with Crippen LogP contribution in [0.2, 0.25) is 0 Å². The van der Waals surface area contributed by atoms with E-state index >= 15 is 0 Å². The number of aryl methyl sites for hydroxylation is 1. The maximum atomic E-state index is 14.5. The highest BCUT2D eigenvalue weighted by atomic mass is 19.1. The van der Waals surface area contributed by atoms with Gasteiger partial charge in [0.15, 0.2) is 0 Å². The Labute approximate surface area is 215 Å². The van der Waals surface area contributed by atoms with E-state index in [0.717, 1.165) is 62.8 Å². The van der Waals surface area contributed by atoms with Crippen LogP contribution < -0.4 is 20.7 Å². The Morgan fingerprint density at radius 1 is 1.24 bits per heavy atom. The molecule has 11 heteroatoms. The molecule has 10 nitrogen and oxygen atoms in total. The number of amides is 2. The van der Waals surface area contributed by atoms with Crippen LogP contribution >= 0.6 is 0 Å². The SMILES string of the molecule is CCc1cnc(N2CCC(CCCOc3ccc(C(=O)N[C@@H](CCC(N)=O)C(=O)O)c(F)c3)CC2)nc1.